The highest BCUT2D eigenvalue weighted by Crippen LogP contribution is 2.30. The van der Waals surface area contributed by atoms with Gasteiger partial charge in [0.15, 0.2) is 0 Å². The molecule has 1 saturated heterocycles. The minimum absolute atomic E-state index is 0.139. The Hall–Kier alpha value is -3.12. The van der Waals surface area contributed by atoms with Crippen LogP contribution in [-0.4, -0.2) is 23.2 Å². The number of benzene rings is 2. The fourth-order valence-electron chi connectivity index (χ4n) is 2.66. The van der Waals surface area contributed by atoms with Gasteiger partial charge in [-0.15, -0.1) is 0 Å². The molecule has 0 unspecified atom stereocenters. The Kier molecular flexibility index (Phi) is 4.41. The molecule has 0 aliphatic carbocycles. The fraction of sp³-hybridized carbons (Fsp3) is 0.0500. The van der Waals surface area contributed by atoms with E-state index in [0.29, 0.717) is 5.84 Å². The van der Waals surface area contributed by atoms with E-state index in [1.807, 2.05) is 60.7 Å². The molecular weight excluding hydrogens is 346 g/mol. The van der Waals surface area contributed by atoms with Gasteiger partial charge in [0, 0.05) is 17.6 Å². The van der Waals surface area contributed by atoms with Crippen LogP contribution in [-0.2, 0) is 0 Å². The lowest BCUT2D eigenvalue weighted by atomic mass is 10.1. The monoisotopic (exact) mass is 361 g/mol. The molecule has 1 N–H and O–H groups in total. The highest BCUT2D eigenvalue weighted by atomic mass is 32.2. The molecule has 0 radical (unpaired) electrons. The third-order valence-electron chi connectivity index (χ3n) is 3.88. The SMILES string of the molecule is COc1cccc(N=C2NC(=O)S/C2=C\c2ccc3ncccc3c2)c1. The van der Waals surface area contributed by atoms with Gasteiger partial charge >= 0.3 is 0 Å². The predicted octanol–water partition coefficient (Wildman–Crippen LogP) is 4.77. The van der Waals surface area contributed by atoms with Crippen molar-refractivity contribution in [2.75, 3.05) is 7.11 Å². The first-order valence-electron chi connectivity index (χ1n) is 8.00. The molecule has 0 bridgehead atoms. The van der Waals surface area contributed by atoms with Crippen molar-refractivity contribution in [1.82, 2.24) is 10.3 Å². The van der Waals surface area contributed by atoms with Gasteiger partial charge in [0.1, 0.15) is 11.6 Å². The molecule has 3 aromatic rings. The number of methoxy groups -OCH3 is 1. The molecule has 6 heteroatoms. The third-order valence-corrected chi connectivity index (χ3v) is 4.69. The molecule has 1 aromatic heterocycles. The van der Waals surface area contributed by atoms with E-state index in [1.54, 1.807) is 13.3 Å². The highest BCUT2D eigenvalue weighted by Gasteiger charge is 2.23. The summed E-state index contributed by atoms with van der Waals surface area (Å²) in [4.78, 5) is 21.5. The summed E-state index contributed by atoms with van der Waals surface area (Å²) in [5.41, 5.74) is 2.65. The van der Waals surface area contributed by atoms with Gasteiger partial charge in [-0.05, 0) is 53.7 Å². The molecule has 5 nitrogen and oxygen atoms in total. The van der Waals surface area contributed by atoms with E-state index in [1.165, 1.54) is 0 Å². The lowest BCUT2D eigenvalue weighted by Gasteiger charge is -2.03. The minimum atomic E-state index is -0.139. The smallest absolute Gasteiger partial charge is 0.289 e. The number of carbonyl (C=O) groups excluding carboxylic acids is 1. The third kappa shape index (κ3) is 3.45. The summed E-state index contributed by atoms with van der Waals surface area (Å²) in [5.74, 6) is 1.26. The van der Waals surface area contributed by atoms with E-state index in [9.17, 15) is 4.79 Å². The lowest BCUT2D eigenvalue weighted by molar-refractivity contribution is 0.265. The maximum atomic E-state index is 11.9. The van der Waals surface area contributed by atoms with Crippen LogP contribution in [0.4, 0.5) is 10.5 Å². The number of carbonyl (C=O) groups is 1. The second-order valence-corrected chi connectivity index (χ2v) is 6.66. The van der Waals surface area contributed by atoms with Crippen molar-refractivity contribution in [3.8, 4) is 5.75 Å². The Balaban J connectivity index is 1.71. The number of aliphatic imine (C=N–C) groups is 1. The molecule has 128 valence electrons. The van der Waals surface area contributed by atoms with Gasteiger partial charge in [-0.25, -0.2) is 4.99 Å². The second-order valence-electron chi connectivity index (χ2n) is 5.64. The Bertz CT molecular complexity index is 1060. The molecule has 2 heterocycles. The zero-order valence-corrected chi connectivity index (χ0v) is 14.8. The van der Waals surface area contributed by atoms with Gasteiger partial charge in [-0.2, -0.15) is 0 Å². The van der Waals surface area contributed by atoms with Crippen molar-refractivity contribution in [2.45, 2.75) is 0 Å². The normalized spacial score (nSPS) is 17.0. The molecule has 1 aliphatic rings. The summed E-state index contributed by atoms with van der Waals surface area (Å²) in [5, 5.41) is 3.71. The molecule has 0 saturated carbocycles. The summed E-state index contributed by atoms with van der Waals surface area (Å²) >= 11 is 1.14. The number of nitrogens with one attached hydrogen (secondary N) is 1. The Labute approximate surface area is 154 Å². The van der Waals surface area contributed by atoms with E-state index in [2.05, 4.69) is 15.3 Å². The first-order valence-corrected chi connectivity index (χ1v) is 8.81. The van der Waals surface area contributed by atoms with Gasteiger partial charge in [0.2, 0.25) is 0 Å². The number of pyridine rings is 1. The molecule has 0 spiro atoms. The predicted molar refractivity (Wildman–Crippen MR) is 106 cm³/mol. The van der Waals surface area contributed by atoms with E-state index in [0.717, 1.165) is 44.6 Å². The summed E-state index contributed by atoms with van der Waals surface area (Å²) in [6.45, 7) is 0. The van der Waals surface area contributed by atoms with Crippen LogP contribution in [0.5, 0.6) is 5.75 Å². The first-order chi connectivity index (χ1) is 12.7. The fourth-order valence-corrected chi connectivity index (χ4v) is 3.39. The van der Waals surface area contributed by atoms with Crippen molar-refractivity contribution in [1.29, 1.82) is 0 Å². The van der Waals surface area contributed by atoms with Gasteiger partial charge < -0.3 is 10.1 Å². The number of fused-ring (bicyclic) bond motifs is 1. The maximum Gasteiger partial charge on any atom is 0.289 e. The summed E-state index contributed by atoms with van der Waals surface area (Å²) in [7, 11) is 1.61. The summed E-state index contributed by atoms with van der Waals surface area (Å²) in [6.07, 6.45) is 3.72. The number of rotatable bonds is 3. The van der Waals surface area contributed by atoms with Gasteiger partial charge in [-0.3, -0.25) is 9.78 Å². The summed E-state index contributed by atoms with van der Waals surface area (Å²) in [6, 6.07) is 17.3. The molecule has 0 atom stereocenters. The molecule has 2 aromatic carbocycles. The topological polar surface area (TPSA) is 63.6 Å². The van der Waals surface area contributed by atoms with Crippen molar-refractivity contribution in [3.63, 3.8) is 0 Å². The first kappa shape index (κ1) is 16.4. The largest absolute Gasteiger partial charge is 0.497 e. The van der Waals surface area contributed by atoms with E-state index < -0.39 is 0 Å². The number of ether oxygens (including phenoxy) is 1. The van der Waals surface area contributed by atoms with Crippen LogP contribution in [0.3, 0.4) is 0 Å². The van der Waals surface area contributed by atoms with Gasteiger partial charge in [-0.1, -0.05) is 18.2 Å². The standard InChI is InChI=1S/C20H15N3O2S/c1-25-16-6-2-5-15(12-16)22-19-18(26-20(24)23-19)11-13-7-8-17-14(10-13)4-3-9-21-17/h2-12H,1H3,(H,22,23,24)/b18-11-. The van der Waals surface area contributed by atoms with Crippen LogP contribution in [0.15, 0.2) is 70.7 Å². The van der Waals surface area contributed by atoms with Crippen molar-refractivity contribution in [3.05, 3.63) is 71.3 Å². The molecule has 26 heavy (non-hydrogen) atoms. The van der Waals surface area contributed by atoms with E-state index >= 15 is 0 Å². The Morgan fingerprint density at radius 2 is 2.08 bits per heavy atom. The lowest BCUT2D eigenvalue weighted by Crippen LogP contribution is -2.18. The number of nitrogens with zero attached hydrogens (tertiary/aromatic N) is 2. The maximum absolute atomic E-state index is 11.9. The highest BCUT2D eigenvalue weighted by molar-refractivity contribution is 8.18. The summed E-state index contributed by atoms with van der Waals surface area (Å²) < 4.78 is 5.22. The van der Waals surface area contributed by atoms with Crippen LogP contribution in [0.1, 0.15) is 5.56 Å². The van der Waals surface area contributed by atoms with E-state index in [-0.39, 0.29) is 5.24 Å². The Morgan fingerprint density at radius 1 is 1.15 bits per heavy atom. The van der Waals surface area contributed by atoms with Crippen LogP contribution in [0.2, 0.25) is 0 Å². The zero-order valence-electron chi connectivity index (χ0n) is 14.0. The zero-order chi connectivity index (χ0) is 17.9. The second kappa shape index (κ2) is 7.01. The van der Waals surface area contributed by atoms with Crippen LogP contribution in [0.25, 0.3) is 17.0 Å². The van der Waals surface area contributed by atoms with Crippen LogP contribution < -0.4 is 10.1 Å². The Morgan fingerprint density at radius 3 is 2.96 bits per heavy atom. The van der Waals surface area contributed by atoms with Crippen molar-refractivity contribution < 1.29 is 9.53 Å². The quantitative estimate of drug-likeness (QED) is 0.730. The average molecular weight is 361 g/mol. The van der Waals surface area contributed by atoms with Crippen LogP contribution in [0, 0.1) is 0 Å². The molecular formula is C20H15N3O2S. The molecule has 4 rings (SSSR count). The van der Waals surface area contributed by atoms with Crippen LogP contribution >= 0.6 is 11.8 Å². The van der Waals surface area contributed by atoms with Gasteiger partial charge in [0.05, 0.1) is 23.2 Å². The molecule has 1 amide bonds. The van der Waals surface area contributed by atoms with E-state index in [4.69, 9.17) is 4.74 Å². The van der Waals surface area contributed by atoms with Crippen molar-refractivity contribution in [2.24, 2.45) is 4.99 Å². The number of thioether (sulfide) groups is 1. The number of amidine groups is 1. The number of amides is 1. The minimum Gasteiger partial charge on any atom is -0.497 e. The number of hydrogen-bond acceptors (Lipinski definition) is 5. The molecule has 1 fully saturated rings. The number of aromatic nitrogens is 1. The van der Waals surface area contributed by atoms with Crippen molar-refractivity contribution >= 4 is 45.5 Å². The van der Waals surface area contributed by atoms with Gasteiger partial charge in [0.25, 0.3) is 5.24 Å². The molecule has 1 aliphatic heterocycles. The number of hydrogen-bond donors (Lipinski definition) is 1. The average Bonchev–Trinajstić information content (AvgIpc) is 3.00.